The van der Waals surface area contributed by atoms with Crippen molar-refractivity contribution in [2.75, 3.05) is 19.6 Å². The van der Waals surface area contributed by atoms with E-state index in [9.17, 15) is 4.79 Å². The number of hydrogen-bond donors (Lipinski definition) is 1. The molecule has 1 fully saturated rings. The molecule has 4 heteroatoms. The van der Waals surface area contributed by atoms with Gasteiger partial charge in [-0.1, -0.05) is 0 Å². The second-order valence-corrected chi connectivity index (χ2v) is 4.80. The molecule has 3 rings (SSSR count). The van der Waals surface area contributed by atoms with Gasteiger partial charge in [-0.05, 0) is 23.4 Å². The van der Waals surface area contributed by atoms with Crippen LogP contribution in [0.4, 0.5) is 0 Å². The van der Waals surface area contributed by atoms with Gasteiger partial charge in [0.25, 0.3) is 0 Å². The minimum absolute atomic E-state index is 0.168. The van der Waals surface area contributed by atoms with Gasteiger partial charge in [0.1, 0.15) is 0 Å². The van der Waals surface area contributed by atoms with E-state index in [1.165, 1.54) is 10.4 Å². The highest BCUT2D eigenvalue weighted by Gasteiger charge is 2.32. The minimum Gasteiger partial charge on any atom is -0.353 e. The Morgan fingerprint density at radius 3 is 3.43 bits per heavy atom. The predicted octanol–water partition coefficient (Wildman–Crippen LogP) is 0.777. The van der Waals surface area contributed by atoms with Crippen molar-refractivity contribution in [2.45, 2.75) is 12.5 Å². The Labute approximate surface area is 86.7 Å². The molecule has 14 heavy (non-hydrogen) atoms. The van der Waals surface area contributed by atoms with E-state index in [0.29, 0.717) is 12.6 Å². The molecule has 74 valence electrons. The van der Waals surface area contributed by atoms with Gasteiger partial charge in [-0.2, -0.15) is 0 Å². The van der Waals surface area contributed by atoms with Crippen LogP contribution in [0.3, 0.4) is 0 Å². The Kier molecular flexibility index (Phi) is 1.85. The second kappa shape index (κ2) is 3.07. The minimum atomic E-state index is 0.168. The Hall–Kier alpha value is -0.870. The maximum atomic E-state index is 11.2. The van der Waals surface area contributed by atoms with Gasteiger partial charge in [-0.15, -0.1) is 11.3 Å². The summed E-state index contributed by atoms with van der Waals surface area (Å²) in [6, 6.07) is 2.66. The van der Waals surface area contributed by atoms with Gasteiger partial charge in [0, 0.05) is 18.0 Å². The maximum Gasteiger partial charge on any atom is 0.234 e. The van der Waals surface area contributed by atoms with Crippen LogP contribution in [0.25, 0.3) is 0 Å². The summed E-state index contributed by atoms with van der Waals surface area (Å²) in [5.74, 6) is 0.168. The lowest BCUT2D eigenvalue weighted by Gasteiger charge is -2.38. The van der Waals surface area contributed by atoms with E-state index in [4.69, 9.17) is 0 Å². The standard InChI is InChI=1S/C10H12N2OS/c13-9-6-12-3-1-7-2-4-14-10(7)8(12)5-11-9/h2,4,8H,1,3,5-6H2,(H,11,13). The first kappa shape index (κ1) is 8.44. The molecule has 1 unspecified atom stereocenters. The highest BCUT2D eigenvalue weighted by Crippen LogP contribution is 2.34. The van der Waals surface area contributed by atoms with Crippen LogP contribution in [0.1, 0.15) is 16.5 Å². The number of carbonyl (C=O) groups excluding carboxylic acids is 1. The zero-order valence-corrected chi connectivity index (χ0v) is 8.64. The summed E-state index contributed by atoms with van der Waals surface area (Å²) in [6.45, 7) is 2.39. The molecule has 1 saturated heterocycles. The first-order valence-electron chi connectivity index (χ1n) is 4.91. The zero-order chi connectivity index (χ0) is 9.54. The molecule has 0 bridgehead atoms. The molecule has 1 aromatic heterocycles. The lowest BCUT2D eigenvalue weighted by Crippen LogP contribution is -2.51. The number of piperazine rings is 1. The lowest BCUT2D eigenvalue weighted by molar-refractivity contribution is -0.125. The zero-order valence-electron chi connectivity index (χ0n) is 7.82. The fraction of sp³-hybridized carbons (Fsp3) is 0.500. The van der Waals surface area contributed by atoms with Crippen LogP contribution < -0.4 is 5.32 Å². The van der Waals surface area contributed by atoms with Crippen LogP contribution in [0.2, 0.25) is 0 Å². The molecule has 1 aromatic rings. The predicted molar refractivity (Wildman–Crippen MR) is 55.3 cm³/mol. The summed E-state index contributed by atoms with van der Waals surface area (Å²) in [7, 11) is 0. The van der Waals surface area contributed by atoms with Gasteiger partial charge in [-0.3, -0.25) is 9.69 Å². The summed E-state index contributed by atoms with van der Waals surface area (Å²) >= 11 is 1.82. The molecule has 1 amide bonds. The van der Waals surface area contributed by atoms with E-state index in [1.807, 2.05) is 11.3 Å². The average molecular weight is 208 g/mol. The van der Waals surface area contributed by atoms with Crippen molar-refractivity contribution in [1.82, 2.24) is 10.2 Å². The Morgan fingerprint density at radius 2 is 2.50 bits per heavy atom. The van der Waals surface area contributed by atoms with Gasteiger partial charge < -0.3 is 5.32 Å². The van der Waals surface area contributed by atoms with Crippen LogP contribution in [0.15, 0.2) is 11.4 Å². The van der Waals surface area contributed by atoms with Gasteiger partial charge in [-0.25, -0.2) is 0 Å². The monoisotopic (exact) mass is 208 g/mol. The molecule has 0 aromatic carbocycles. The Morgan fingerprint density at radius 1 is 1.57 bits per heavy atom. The number of hydrogen-bond acceptors (Lipinski definition) is 3. The lowest BCUT2D eigenvalue weighted by atomic mass is 10.00. The normalized spacial score (nSPS) is 26.6. The molecule has 1 N–H and O–H groups in total. The quantitative estimate of drug-likeness (QED) is 0.683. The SMILES string of the molecule is O=C1CN2CCc3ccsc3C2CN1. The number of rotatable bonds is 0. The number of thiophene rings is 1. The largest absolute Gasteiger partial charge is 0.353 e. The average Bonchev–Trinajstić information content (AvgIpc) is 2.65. The molecule has 1 atom stereocenters. The van der Waals surface area contributed by atoms with Crippen LogP contribution in [0.5, 0.6) is 0 Å². The molecule has 0 spiro atoms. The van der Waals surface area contributed by atoms with E-state index < -0.39 is 0 Å². The van der Waals surface area contributed by atoms with E-state index in [0.717, 1.165) is 19.5 Å². The molecule has 3 heterocycles. The van der Waals surface area contributed by atoms with Crippen molar-refractivity contribution in [3.8, 4) is 0 Å². The third-order valence-corrected chi connectivity index (χ3v) is 4.09. The van der Waals surface area contributed by atoms with Gasteiger partial charge >= 0.3 is 0 Å². The summed E-state index contributed by atoms with van der Waals surface area (Å²) < 4.78 is 0. The van der Waals surface area contributed by atoms with Crippen molar-refractivity contribution in [2.24, 2.45) is 0 Å². The molecule has 0 radical (unpaired) electrons. The molecule has 3 nitrogen and oxygen atoms in total. The summed E-state index contributed by atoms with van der Waals surface area (Å²) in [5, 5.41) is 5.10. The van der Waals surface area contributed by atoms with E-state index >= 15 is 0 Å². The molecule has 0 saturated carbocycles. The van der Waals surface area contributed by atoms with E-state index in [1.54, 1.807) is 0 Å². The smallest absolute Gasteiger partial charge is 0.234 e. The van der Waals surface area contributed by atoms with E-state index in [-0.39, 0.29) is 5.91 Å². The fourth-order valence-electron chi connectivity index (χ4n) is 2.29. The number of nitrogens with zero attached hydrogens (tertiary/aromatic N) is 1. The van der Waals surface area contributed by atoms with Crippen molar-refractivity contribution in [3.63, 3.8) is 0 Å². The van der Waals surface area contributed by atoms with Gasteiger partial charge in [0.15, 0.2) is 0 Å². The third-order valence-electron chi connectivity index (χ3n) is 3.03. The van der Waals surface area contributed by atoms with Crippen LogP contribution in [-0.2, 0) is 11.2 Å². The number of amides is 1. The molecule has 0 aliphatic carbocycles. The highest BCUT2D eigenvalue weighted by atomic mass is 32.1. The number of fused-ring (bicyclic) bond motifs is 3. The Bertz CT molecular complexity index is 374. The molecule has 2 aliphatic rings. The maximum absolute atomic E-state index is 11.2. The van der Waals surface area contributed by atoms with Crippen molar-refractivity contribution in [3.05, 3.63) is 21.9 Å². The first-order valence-corrected chi connectivity index (χ1v) is 5.79. The fourth-order valence-corrected chi connectivity index (χ4v) is 3.38. The molecular formula is C10H12N2OS. The van der Waals surface area contributed by atoms with Crippen LogP contribution in [-0.4, -0.2) is 30.4 Å². The van der Waals surface area contributed by atoms with Gasteiger partial charge in [0.2, 0.25) is 5.91 Å². The molecular weight excluding hydrogens is 196 g/mol. The van der Waals surface area contributed by atoms with Crippen LogP contribution in [0, 0.1) is 0 Å². The van der Waals surface area contributed by atoms with Crippen LogP contribution >= 0.6 is 11.3 Å². The number of carbonyl (C=O) groups is 1. The van der Waals surface area contributed by atoms with E-state index in [2.05, 4.69) is 21.7 Å². The van der Waals surface area contributed by atoms with Crippen molar-refractivity contribution >= 4 is 17.2 Å². The Balaban J connectivity index is 1.94. The van der Waals surface area contributed by atoms with Gasteiger partial charge in [0.05, 0.1) is 12.6 Å². The van der Waals surface area contributed by atoms with Crippen molar-refractivity contribution in [1.29, 1.82) is 0 Å². The first-order chi connectivity index (χ1) is 6.84. The topological polar surface area (TPSA) is 32.3 Å². The second-order valence-electron chi connectivity index (χ2n) is 3.85. The molecule has 2 aliphatic heterocycles. The highest BCUT2D eigenvalue weighted by molar-refractivity contribution is 7.10. The summed E-state index contributed by atoms with van der Waals surface area (Å²) in [4.78, 5) is 15.0. The third kappa shape index (κ3) is 1.18. The number of nitrogens with one attached hydrogen (secondary N) is 1. The van der Waals surface area contributed by atoms with Crippen molar-refractivity contribution < 1.29 is 4.79 Å². The summed E-state index contributed by atoms with van der Waals surface area (Å²) in [5.41, 5.74) is 1.48. The summed E-state index contributed by atoms with van der Waals surface area (Å²) in [6.07, 6.45) is 1.10.